The zero-order valence-corrected chi connectivity index (χ0v) is 8.06. The fourth-order valence-electron chi connectivity index (χ4n) is 0.962. The zero-order chi connectivity index (χ0) is 9.14. The van der Waals surface area contributed by atoms with Crippen LogP contribution >= 0.6 is 12.4 Å². The Labute approximate surface area is 83.0 Å². The normalized spacial score (nSPS) is 8.69. The summed E-state index contributed by atoms with van der Waals surface area (Å²) in [6, 6.07) is 3.63. The molecule has 1 aromatic heterocycles. The second-order valence-electron chi connectivity index (χ2n) is 2.48. The van der Waals surface area contributed by atoms with Gasteiger partial charge in [0.1, 0.15) is 11.9 Å². The molecule has 4 nitrogen and oxygen atoms in total. The SMILES string of the molecule is Cc1nc(N)c(C#N)cc1CN.Cl. The van der Waals surface area contributed by atoms with Gasteiger partial charge >= 0.3 is 0 Å². The number of aromatic nitrogens is 1. The Hall–Kier alpha value is -1.31. The van der Waals surface area contributed by atoms with Gasteiger partial charge in [0.15, 0.2) is 0 Å². The Balaban J connectivity index is 0.00000144. The quantitative estimate of drug-likeness (QED) is 0.696. The molecule has 0 aromatic carbocycles. The highest BCUT2D eigenvalue weighted by Gasteiger charge is 2.04. The van der Waals surface area contributed by atoms with Crippen LogP contribution in [0.2, 0.25) is 0 Å². The number of aryl methyl sites for hydroxylation is 1. The first-order valence-corrected chi connectivity index (χ1v) is 3.55. The van der Waals surface area contributed by atoms with Crippen LogP contribution in [0.15, 0.2) is 6.07 Å². The lowest BCUT2D eigenvalue weighted by atomic mass is 10.1. The van der Waals surface area contributed by atoms with Crippen molar-refractivity contribution >= 4 is 18.2 Å². The lowest BCUT2D eigenvalue weighted by Crippen LogP contribution is -2.05. The maximum atomic E-state index is 8.62. The number of rotatable bonds is 1. The molecular formula is C8H11ClN4. The number of hydrogen-bond acceptors (Lipinski definition) is 4. The van der Waals surface area contributed by atoms with Gasteiger partial charge in [-0.05, 0) is 18.6 Å². The molecule has 0 spiro atoms. The van der Waals surface area contributed by atoms with Gasteiger partial charge in [-0.3, -0.25) is 0 Å². The van der Waals surface area contributed by atoms with Crippen molar-refractivity contribution in [1.29, 1.82) is 5.26 Å². The summed E-state index contributed by atoms with van der Waals surface area (Å²) in [7, 11) is 0. The lowest BCUT2D eigenvalue weighted by molar-refractivity contribution is 1.01. The van der Waals surface area contributed by atoms with E-state index in [9.17, 15) is 0 Å². The van der Waals surface area contributed by atoms with Crippen molar-refractivity contribution in [2.75, 3.05) is 5.73 Å². The molecule has 5 heteroatoms. The van der Waals surface area contributed by atoms with Crippen LogP contribution in [-0.4, -0.2) is 4.98 Å². The van der Waals surface area contributed by atoms with Crippen LogP contribution in [0.5, 0.6) is 0 Å². The molecule has 13 heavy (non-hydrogen) atoms. The Morgan fingerprint density at radius 1 is 1.62 bits per heavy atom. The number of nitriles is 1. The minimum atomic E-state index is 0. The Morgan fingerprint density at radius 3 is 2.69 bits per heavy atom. The number of halogens is 1. The first-order valence-electron chi connectivity index (χ1n) is 3.55. The minimum absolute atomic E-state index is 0. The van der Waals surface area contributed by atoms with Crippen molar-refractivity contribution in [2.24, 2.45) is 5.73 Å². The molecule has 0 aliphatic carbocycles. The van der Waals surface area contributed by atoms with Crippen LogP contribution < -0.4 is 11.5 Å². The van der Waals surface area contributed by atoms with Gasteiger partial charge in [0.25, 0.3) is 0 Å². The van der Waals surface area contributed by atoms with Gasteiger partial charge in [-0.1, -0.05) is 0 Å². The van der Waals surface area contributed by atoms with Crippen molar-refractivity contribution in [3.8, 4) is 6.07 Å². The summed E-state index contributed by atoms with van der Waals surface area (Å²) in [6.45, 7) is 2.20. The van der Waals surface area contributed by atoms with E-state index in [2.05, 4.69) is 4.98 Å². The Bertz CT molecular complexity index is 343. The van der Waals surface area contributed by atoms with Crippen LogP contribution in [0, 0.1) is 18.3 Å². The molecule has 70 valence electrons. The highest BCUT2D eigenvalue weighted by Crippen LogP contribution is 2.12. The van der Waals surface area contributed by atoms with Crippen molar-refractivity contribution < 1.29 is 0 Å². The molecule has 0 radical (unpaired) electrons. The van der Waals surface area contributed by atoms with Crippen molar-refractivity contribution in [2.45, 2.75) is 13.5 Å². The summed E-state index contributed by atoms with van der Waals surface area (Å²) in [5.74, 6) is 0.271. The van der Waals surface area contributed by atoms with Gasteiger partial charge in [-0.2, -0.15) is 5.26 Å². The fraction of sp³-hybridized carbons (Fsp3) is 0.250. The molecule has 0 aliphatic heterocycles. The topological polar surface area (TPSA) is 88.7 Å². The largest absolute Gasteiger partial charge is 0.383 e. The van der Waals surface area contributed by atoms with E-state index in [0.717, 1.165) is 11.3 Å². The van der Waals surface area contributed by atoms with Gasteiger partial charge in [0.2, 0.25) is 0 Å². The highest BCUT2D eigenvalue weighted by molar-refractivity contribution is 5.85. The fourth-order valence-corrected chi connectivity index (χ4v) is 0.962. The van der Waals surface area contributed by atoms with Crippen LogP contribution in [0.3, 0.4) is 0 Å². The van der Waals surface area contributed by atoms with Crippen LogP contribution in [-0.2, 0) is 6.54 Å². The summed E-state index contributed by atoms with van der Waals surface area (Å²) >= 11 is 0. The van der Waals surface area contributed by atoms with E-state index in [1.165, 1.54) is 0 Å². The minimum Gasteiger partial charge on any atom is -0.383 e. The maximum Gasteiger partial charge on any atom is 0.141 e. The second kappa shape index (κ2) is 4.65. The molecule has 0 saturated heterocycles. The summed E-state index contributed by atoms with van der Waals surface area (Å²) < 4.78 is 0. The monoisotopic (exact) mass is 198 g/mol. The van der Waals surface area contributed by atoms with E-state index in [0.29, 0.717) is 12.1 Å². The molecule has 0 saturated carbocycles. The molecule has 1 rings (SSSR count). The third-order valence-electron chi connectivity index (χ3n) is 1.69. The number of nitrogen functional groups attached to an aromatic ring is 1. The highest BCUT2D eigenvalue weighted by atomic mass is 35.5. The summed E-state index contributed by atoms with van der Waals surface area (Å²) in [5, 5.41) is 8.62. The number of pyridine rings is 1. The van der Waals surface area contributed by atoms with Crippen molar-refractivity contribution in [1.82, 2.24) is 4.98 Å². The van der Waals surface area contributed by atoms with Gasteiger partial charge in [-0.15, -0.1) is 12.4 Å². The average Bonchev–Trinajstić information content (AvgIpc) is 2.05. The summed E-state index contributed by atoms with van der Waals surface area (Å²) in [6.07, 6.45) is 0. The molecule has 0 aliphatic rings. The van der Waals surface area contributed by atoms with Gasteiger partial charge in [0.05, 0.1) is 5.56 Å². The average molecular weight is 199 g/mol. The Kier molecular flexibility index (Phi) is 4.18. The van der Waals surface area contributed by atoms with E-state index < -0.39 is 0 Å². The van der Waals surface area contributed by atoms with E-state index in [1.54, 1.807) is 6.07 Å². The summed E-state index contributed by atoms with van der Waals surface area (Å²) in [5.41, 5.74) is 13.0. The van der Waals surface area contributed by atoms with E-state index in [-0.39, 0.29) is 18.2 Å². The molecule has 0 amide bonds. The van der Waals surface area contributed by atoms with Gasteiger partial charge in [-0.25, -0.2) is 4.98 Å². The molecule has 0 atom stereocenters. The smallest absolute Gasteiger partial charge is 0.141 e. The molecule has 1 heterocycles. The zero-order valence-electron chi connectivity index (χ0n) is 7.24. The van der Waals surface area contributed by atoms with Crippen molar-refractivity contribution in [3.63, 3.8) is 0 Å². The number of nitrogens with zero attached hydrogens (tertiary/aromatic N) is 2. The summed E-state index contributed by atoms with van der Waals surface area (Å²) in [4.78, 5) is 3.99. The number of nitrogens with two attached hydrogens (primary N) is 2. The van der Waals surface area contributed by atoms with Gasteiger partial charge in [0, 0.05) is 12.2 Å². The van der Waals surface area contributed by atoms with Crippen molar-refractivity contribution in [3.05, 3.63) is 22.9 Å². The molecule has 0 unspecified atom stereocenters. The first kappa shape index (κ1) is 11.7. The van der Waals surface area contributed by atoms with E-state index >= 15 is 0 Å². The molecule has 1 aromatic rings. The lowest BCUT2D eigenvalue weighted by Gasteiger charge is -2.03. The Morgan fingerprint density at radius 2 is 2.23 bits per heavy atom. The maximum absolute atomic E-state index is 8.62. The van der Waals surface area contributed by atoms with Crippen LogP contribution in [0.25, 0.3) is 0 Å². The number of anilines is 1. The third kappa shape index (κ3) is 2.31. The van der Waals surface area contributed by atoms with Crippen LogP contribution in [0.1, 0.15) is 16.8 Å². The standard InChI is InChI=1S/C8H10N4.ClH/c1-5-6(3-9)2-7(4-10)8(11)12-5;/h2H,3,9H2,1H3,(H2,11,12);1H. The first-order chi connectivity index (χ1) is 5.69. The van der Waals surface area contributed by atoms with E-state index in [4.69, 9.17) is 16.7 Å². The van der Waals surface area contributed by atoms with Gasteiger partial charge < -0.3 is 11.5 Å². The molecule has 0 fully saturated rings. The van der Waals surface area contributed by atoms with E-state index in [1.807, 2.05) is 13.0 Å². The van der Waals surface area contributed by atoms with Crippen LogP contribution in [0.4, 0.5) is 5.82 Å². The molecule has 4 N–H and O–H groups in total. The predicted octanol–water partition coefficient (Wildman–Crippen LogP) is 0.724. The molecular weight excluding hydrogens is 188 g/mol. The number of hydrogen-bond donors (Lipinski definition) is 2. The molecule has 0 bridgehead atoms. The third-order valence-corrected chi connectivity index (χ3v) is 1.69. The predicted molar refractivity (Wildman–Crippen MR) is 53.2 cm³/mol. The second-order valence-corrected chi connectivity index (χ2v) is 2.48.